The van der Waals surface area contributed by atoms with E-state index in [0.29, 0.717) is 22.8 Å². The van der Waals surface area contributed by atoms with Gasteiger partial charge >= 0.3 is 0 Å². The third kappa shape index (κ3) is 3.71. The van der Waals surface area contributed by atoms with Crippen LogP contribution in [0.25, 0.3) is 0 Å². The van der Waals surface area contributed by atoms with Crippen molar-refractivity contribution in [2.45, 2.75) is 13.0 Å². The van der Waals surface area contributed by atoms with Crippen LogP contribution in [0.5, 0.6) is 17.2 Å². The van der Waals surface area contributed by atoms with E-state index in [2.05, 4.69) is 0 Å². The molecule has 26 heavy (non-hydrogen) atoms. The lowest BCUT2D eigenvalue weighted by Gasteiger charge is -2.26. The third-order valence-corrected chi connectivity index (χ3v) is 4.26. The summed E-state index contributed by atoms with van der Waals surface area (Å²) in [4.78, 5) is 14.4. The molecule has 1 unspecified atom stereocenters. The minimum absolute atomic E-state index is 0.266. The Kier molecular flexibility index (Phi) is 6.02. The minimum atomic E-state index is -0.959. The molecule has 0 aliphatic rings. The lowest BCUT2D eigenvalue weighted by molar-refractivity contribution is 0.0738. The Bertz CT molecular complexity index is 810. The van der Waals surface area contributed by atoms with Gasteiger partial charge in [0.1, 0.15) is 5.75 Å². The molecule has 1 amide bonds. The molecule has 2 rings (SSSR count). The first-order valence-electron chi connectivity index (χ1n) is 7.86. The Morgan fingerprint density at radius 2 is 1.50 bits per heavy atom. The second-order valence-electron chi connectivity index (χ2n) is 5.67. The molecule has 140 valence electrons. The van der Waals surface area contributed by atoms with E-state index < -0.39 is 17.7 Å². The summed E-state index contributed by atoms with van der Waals surface area (Å²) in [5.41, 5.74) is 0.737. The molecule has 2 aromatic carbocycles. The smallest absolute Gasteiger partial charge is 0.258 e. The number of hydrogen-bond donors (Lipinski definition) is 0. The van der Waals surface area contributed by atoms with Gasteiger partial charge in [-0.3, -0.25) is 4.79 Å². The number of methoxy groups -OCH3 is 3. The molecule has 0 bridgehead atoms. The number of hydrogen-bond acceptors (Lipinski definition) is 4. The lowest BCUT2D eigenvalue weighted by Crippen LogP contribution is -2.30. The summed E-state index contributed by atoms with van der Waals surface area (Å²) in [7, 11) is 5.96. The van der Waals surface area contributed by atoms with Gasteiger partial charge < -0.3 is 19.1 Å². The van der Waals surface area contributed by atoms with Gasteiger partial charge in [0.05, 0.1) is 32.9 Å². The highest BCUT2D eigenvalue weighted by Gasteiger charge is 2.24. The van der Waals surface area contributed by atoms with Crippen LogP contribution < -0.4 is 14.2 Å². The lowest BCUT2D eigenvalue weighted by atomic mass is 10.1. The van der Waals surface area contributed by atoms with Crippen molar-refractivity contribution >= 4 is 5.91 Å². The number of nitrogens with zero attached hydrogens (tertiary/aromatic N) is 1. The van der Waals surface area contributed by atoms with Crippen LogP contribution in [-0.4, -0.2) is 39.2 Å². The zero-order valence-corrected chi connectivity index (χ0v) is 15.3. The second-order valence-corrected chi connectivity index (χ2v) is 5.67. The van der Waals surface area contributed by atoms with E-state index in [1.807, 2.05) is 0 Å². The Morgan fingerprint density at radius 3 is 2.04 bits per heavy atom. The number of benzene rings is 2. The number of carbonyl (C=O) groups is 1. The van der Waals surface area contributed by atoms with E-state index in [0.717, 1.165) is 12.1 Å². The van der Waals surface area contributed by atoms with Crippen LogP contribution in [0.15, 0.2) is 30.3 Å². The van der Waals surface area contributed by atoms with E-state index in [1.165, 1.54) is 38.4 Å². The normalized spacial score (nSPS) is 11.7. The first-order chi connectivity index (χ1) is 12.3. The largest absolute Gasteiger partial charge is 0.496 e. The standard InChI is InChI=1S/C19H21F2NO4/c1-11(12-6-7-14(20)15(21)8-12)22(2)19(23)13-9-17(25-4)18(26-5)10-16(13)24-3/h6-11H,1-5H3. The summed E-state index contributed by atoms with van der Waals surface area (Å²) in [6.45, 7) is 1.72. The fraction of sp³-hybridized carbons (Fsp3) is 0.316. The Morgan fingerprint density at radius 1 is 0.923 bits per heavy atom. The molecule has 0 saturated carbocycles. The highest BCUT2D eigenvalue weighted by molar-refractivity contribution is 5.98. The number of halogens is 2. The van der Waals surface area contributed by atoms with Gasteiger partial charge in [0.15, 0.2) is 23.1 Å². The summed E-state index contributed by atoms with van der Waals surface area (Å²) < 4.78 is 42.4. The van der Waals surface area contributed by atoms with Crippen LogP contribution in [0.2, 0.25) is 0 Å². The Balaban J connectivity index is 2.38. The number of carbonyl (C=O) groups excluding carboxylic acids is 1. The van der Waals surface area contributed by atoms with E-state index in [1.54, 1.807) is 20.0 Å². The van der Waals surface area contributed by atoms with Crippen molar-refractivity contribution < 1.29 is 27.8 Å². The SMILES string of the molecule is COc1cc(OC)c(C(=O)N(C)C(C)c2ccc(F)c(F)c2)cc1OC. The summed E-state index contributed by atoms with van der Waals surface area (Å²) in [5.74, 6) is -1.13. The quantitative estimate of drug-likeness (QED) is 0.781. The second kappa shape index (κ2) is 8.03. The summed E-state index contributed by atoms with van der Waals surface area (Å²) in [6.07, 6.45) is 0. The van der Waals surface area contributed by atoms with Crippen LogP contribution in [0.4, 0.5) is 8.78 Å². The molecule has 7 heteroatoms. The van der Waals surface area contributed by atoms with Gasteiger partial charge in [-0.1, -0.05) is 6.07 Å². The molecule has 0 spiro atoms. The molecule has 1 atom stereocenters. The zero-order valence-electron chi connectivity index (χ0n) is 15.3. The van der Waals surface area contributed by atoms with Crippen molar-refractivity contribution in [1.82, 2.24) is 4.90 Å². The van der Waals surface area contributed by atoms with Crippen LogP contribution >= 0.6 is 0 Å². The molecular weight excluding hydrogens is 344 g/mol. The van der Waals surface area contributed by atoms with Crippen molar-refractivity contribution in [3.05, 3.63) is 53.1 Å². The fourth-order valence-electron chi connectivity index (χ4n) is 2.56. The maximum Gasteiger partial charge on any atom is 0.258 e. The van der Waals surface area contributed by atoms with Crippen LogP contribution in [0.3, 0.4) is 0 Å². The summed E-state index contributed by atoms with van der Waals surface area (Å²) in [5, 5.41) is 0. The predicted molar refractivity (Wildman–Crippen MR) is 93.0 cm³/mol. The molecule has 0 heterocycles. The van der Waals surface area contributed by atoms with Crippen molar-refractivity contribution in [2.75, 3.05) is 28.4 Å². The van der Waals surface area contributed by atoms with Gasteiger partial charge in [-0.25, -0.2) is 8.78 Å². The zero-order chi connectivity index (χ0) is 19.4. The number of ether oxygens (including phenoxy) is 3. The van der Waals surface area contributed by atoms with Gasteiger partial charge in [-0.05, 0) is 24.6 Å². The molecule has 0 saturated heterocycles. The van der Waals surface area contributed by atoms with Gasteiger partial charge in [0.25, 0.3) is 5.91 Å². The maximum absolute atomic E-state index is 13.5. The first-order valence-corrected chi connectivity index (χ1v) is 7.86. The molecule has 0 fully saturated rings. The van der Waals surface area contributed by atoms with Crippen molar-refractivity contribution in [1.29, 1.82) is 0 Å². The summed E-state index contributed by atoms with van der Waals surface area (Å²) in [6, 6.07) is 6.15. The molecular formula is C19H21F2NO4. The van der Waals surface area contributed by atoms with Crippen LogP contribution in [-0.2, 0) is 0 Å². The topological polar surface area (TPSA) is 48.0 Å². The van der Waals surface area contributed by atoms with Crippen LogP contribution in [0, 0.1) is 11.6 Å². The summed E-state index contributed by atoms with van der Waals surface area (Å²) >= 11 is 0. The fourth-order valence-corrected chi connectivity index (χ4v) is 2.56. The molecule has 0 radical (unpaired) electrons. The molecule has 0 aliphatic heterocycles. The average molecular weight is 365 g/mol. The van der Waals surface area contributed by atoms with Gasteiger partial charge in [0, 0.05) is 19.2 Å². The van der Waals surface area contributed by atoms with Gasteiger partial charge in [0.2, 0.25) is 0 Å². The first kappa shape index (κ1) is 19.5. The molecule has 0 N–H and O–H groups in total. The Hall–Kier alpha value is -2.83. The van der Waals surface area contributed by atoms with E-state index in [-0.39, 0.29) is 11.5 Å². The molecule has 5 nitrogen and oxygen atoms in total. The minimum Gasteiger partial charge on any atom is -0.496 e. The van der Waals surface area contributed by atoms with Crippen molar-refractivity contribution in [3.63, 3.8) is 0 Å². The van der Waals surface area contributed by atoms with E-state index >= 15 is 0 Å². The number of amides is 1. The predicted octanol–water partition coefficient (Wildman–Crippen LogP) is 3.82. The molecule has 0 aromatic heterocycles. The van der Waals surface area contributed by atoms with Gasteiger partial charge in [-0.2, -0.15) is 0 Å². The van der Waals surface area contributed by atoms with E-state index in [9.17, 15) is 13.6 Å². The van der Waals surface area contributed by atoms with Crippen molar-refractivity contribution in [3.8, 4) is 17.2 Å². The monoisotopic (exact) mass is 365 g/mol. The van der Waals surface area contributed by atoms with Crippen molar-refractivity contribution in [2.24, 2.45) is 0 Å². The average Bonchev–Trinajstić information content (AvgIpc) is 2.67. The van der Waals surface area contributed by atoms with Crippen LogP contribution in [0.1, 0.15) is 28.9 Å². The molecule has 0 aliphatic carbocycles. The Labute approximate surface area is 151 Å². The highest BCUT2D eigenvalue weighted by atomic mass is 19.2. The number of rotatable bonds is 6. The van der Waals surface area contributed by atoms with E-state index in [4.69, 9.17) is 14.2 Å². The maximum atomic E-state index is 13.5. The highest BCUT2D eigenvalue weighted by Crippen LogP contribution is 2.36. The van der Waals surface area contributed by atoms with Gasteiger partial charge in [-0.15, -0.1) is 0 Å². The molecule has 2 aromatic rings. The third-order valence-electron chi connectivity index (χ3n) is 4.26.